The zero-order valence-electron chi connectivity index (χ0n) is 12.4. The first-order valence-electron chi connectivity index (χ1n) is 6.62. The fraction of sp³-hybridized carbons (Fsp3) is 0.533. The Hall–Kier alpha value is -1.71. The van der Waals surface area contributed by atoms with E-state index in [0.717, 1.165) is 16.8 Å². The molecule has 19 heavy (non-hydrogen) atoms. The average Bonchev–Trinajstić information content (AvgIpc) is 2.32. The molecule has 0 spiro atoms. The van der Waals surface area contributed by atoms with Crippen LogP contribution in [0.3, 0.4) is 0 Å². The highest BCUT2D eigenvalue weighted by atomic mass is 16.5. The maximum Gasteiger partial charge on any atom is 0.260 e. The van der Waals surface area contributed by atoms with Crippen LogP contribution in [0.1, 0.15) is 31.9 Å². The van der Waals surface area contributed by atoms with Gasteiger partial charge in [0.1, 0.15) is 5.75 Å². The van der Waals surface area contributed by atoms with Crippen LogP contribution in [-0.2, 0) is 4.79 Å². The van der Waals surface area contributed by atoms with Gasteiger partial charge in [0.05, 0.1) is 0 Å². The SMILES string of the molecule is Cc1cc(OC(C)C(=O)NCC(C)C)c(C)cc1N. The van der Waals surface area contributed by atoms with Crippen molar-refractivity contribution in [3.05, 3.63) is 23.3 Å². The minimum absolute atomic E-state index is 0.0948. The molecule has 0 aliphatic heterocycles. The van der Waals surface area contributed by atoms with Gasteiger partial charge in [0.25, 0.3) is 5.91 Å². The molecule has 4 nitrogen and oxygen atoms in total. The van der Waals surface area contributed by atoms with Gasteiger partial charge in [-0.15, -0.1) is 0 Å². The molecule has 1 aromatic rings. The van der Waals surface area contributed by atoms with Crippen molar-refractivity contribution in [2.24, 2.45) is 5.92 Å². The summed E-state index contributed by atoms with van der Waals surface area (Å²) in [5, 5.41) is 2.86. The molecule has 0 fully saturated rings. The quantitative estimate of drug-likeness (QED) is 0.803. The number of carbonyl (C=O) groups excluding carboxylic acids is 1. The number of hydrogen-bond acceptors (Lipinski definition) is 3. The predicted octanol–water partition coefficient (Wildman–Crippen LogP) is 2.43. The smallest absolute Gasteiger partial charge is 0.260 e. The lowest BCUT2D eigenvalue weighted by Crippen LogP contribution is -2.38. The van der Waals surface area contributed by atoms with Crippen molar-refractivity contribution < 1.29 is 9.53 Å². The molecule has 4 heteroatoms. The lowest BCUT2D eigenvalue weighted by Gasteiger charge is -2.18. The number of nitrogens with two attached hydrogens (primary N) is 1. The first kappa shape index (κ1) is 15.3. The van der Waals surface area contributed by atoms with Crippen LogP contribution in [-0.4, -0.2) is 18.6 Å². The number of rotatable bonds is 5. The van der Waals surface area contributed by atoms with Gasteiger partial charge < -0.3 is 15.8 Å². The Bertz CT molecular complexity index is 456. The number of anilines is 1. The number of nitrogen functional groups attached to an aromatic ring is 1. The lowest BCUT2D eigenvalue weighted by molar-refractivity contribution is -0.127. The van der Waals surface area contributed by atoms with Gasteiger partial charge in [0.15, 0.2) is 6.10 Å². The topological polar surface area (TPSA) is 64.3 Å². The van der Waals surface area contributed by atoms with E-state index in [2.05, 4.69) is 19.2 Å². The number of aryl methyl sites for hydroxylation is 2. The second kappa shape index (κ2) is 6.45. The molecule has 0 radical (unpaired) electrons. The number of carbonyl (C=O) groups is 1. The van der Waals surface area contributed by atoms with Gasteiger partial charge >= 0.3 is 0 Å². The summed E-state index contributed by atoms with van der Waals surface area (Å²) >= 11 is 0. The molecule has 0 aliphatic rings. The van der Waals surface area contributed by atoms with Gasteiger partial charge in [-0.25, -0.2) is 0 Å². The first-order chi connectivity index (χ1) is 8.81. The summed E-state index contributed by atoms with van der Waals surface area (Å²) in [6.45, 7) is 10.4. The summed E-state index contributed by atoms with van der Waals surface area (Å²) in [5.74, 6) is 1.04. The average molecular weight is 264 g/mol. The molecular weight excluding hydrogens is 240 g/mol. The Labute approximate surface area is 115 Å². The van der Waals surface area contributed by atoms with Crippen LogP contribution in [0.25, 0.3) is 0 Å². The van der Waals surface area contributed by atoms with E-state index in [9.17, 15) is 4.79 Å². The van der Waals surface area contributed by atoms with Crippen molar-refractivity contribution in [1.29, 1.82) is 0 Å². The third-order valence-electron chi connectivity index (χ3n) is 2.92. The predicted molar refractivity (Wildman–Crippen MR) is 78.3 cm³/mol. The first-order valence-corrected chi connectivity index (χ1v) is 6.62. The standard InChI is InChI=1S/C15H24N2O2/c1-9(2)8-17-15(18)12(5)19-14-7-10(3)13(16)6-11(14)4/h6-7,9,12H,8,16H2,1-5H3,(H,17,18). The fourth-order valence-corrected chi connectivity index (χ4v) is 1.63. The Morgan fingerprint density at radius 1 is 1.26 bits per heavy atom. The van der Waals surface area contributed by atoms with Gasteiger partial charge in [0, 0.05) is 12.2 Å². The summed E-state index contributed by atoms with van der Waals surface area (Å²) in [4.78, 5) is 11.9. The molecule has 1 amide bonds. The maximum absolute atomic E-state index is 11.9. The third kappa shape index (κ3) is 4.47. The molecule has 1 atom stereocenters. The Kier molecular flexibility index (Phi) is 5.21. The largest absolute Gasteiger partial charge is 0.481 e. The fourth-order valence-electron chi connectivity index (χ4n) is 1.63. The normalized spacial score (nSPS) is 12.3. The van der Waals surface area contributed by atoms with Crippen LogP contribution in [0, 0.1) is 19.8 Å². The number of ether oxygens (including phenoxy) is 1. The number of nitrogens with one attached hydrogen (secondary N) is 1. The Balaban J connectivity index is 2.69. The molecule has 1 unspecified atom stereocenters. The van der Waals surface area contributed by atoms with E-state index in [1.165, 1.54) is 0 Å². The van der Waals surface area contributed by atoms with E-state index >= 15 is 0 Å². The summed E-state index contributed by atoms with van der Waals surface area (Å²) < 4.78 is 5.71. The van der Waals surface area contributed by atoms with E-state index in [-0.39, 0.29) is 5.91 Å². The molecule has 0 heterocycles. The van der Waals surface area contributed by atoms with Gasteiger partial charge in [-0.3, -0.25) is 4.79 Å². The van der Waals surface area contributed by atoms with Crippen molar-refractivity contribution in [2.75, 3.05) is 12.3 Å². The lowest BCUT2D eigenvalue weighted by atomic mass is 10.1. The highest BCUT2D eigenvalue weighted by Crippen LogP contribution is 2.25. The Morgan fingerprint density at radius 2 is 1.89 bits per heavy atom. The van der Waals surface area contributed by atoms with Crippen LogP contribution < -0.4 is 15.8 Å². The van der Waals surface area contributed by atoms with Gasteiger partial charge in [0.2, 0.25) is 0 Å². The summed E-state index contributed by atoms with van der Waals surface area (Å²) in [7, 11) is 0. The van der Waals surface area contributed by atoms with Crippen molar-refractivity contribution in [1.82, 2.24) is 5.32 Å². The van der Waals surface area contributed by atoms with Crippen molar-refractivity contribution in [3.8, 4) is 5.75 Å². The molecule has 0 aliphatic carbocycles. The zero-order valence-corrected chi connectivity index (χ0v) is 12.4. The minimum Gasteiger partial charge on any atom is -0.481 e. The molecule has 0 saturated heterocycles. The molecule has 106 valence electrons. The molecule has 0 bridgehead atoms. The van der Waals surface area contributed by atoms with Crippen LogP contribution in [0.4, 0.5) is 5.69 Å². The second-order valence-electron chi connectivity index (χ2n) is 5.37. The second-order valence-corrected chi connectivity index (χ2v) is 5.37. The van der Waals surface area contributed by atoms with Crippen LogP contribution in [0.5, 0.6) is 5.75 Å². The van der Waals surface area contributed by atoms with E-state index in [1.54, 1.807) is 6.92 Å². The Morgan fingerprint density at radius 3 is 2.47 bits per heavy atom. The van der Waals surface area contributed by atoms with Crippen molar-refractivity contribution >= 4 is 11.6 Å². The molecule has 1 rings (SSSR count). The zero-order chi connectivity index (χ0) is 14.6. The van der Waals surface area contributed by atoms with Crippen LogP contribution in [0.2, 0.25) is 0 Å². The van der Waals surface area contributed by atoms with Gasteiger partial charge in [-0.1, -0.05) is 13.8 Å². The summed E-state index contributed by atoms with van der Waals surface area (Å²) in [6, 6.07) is 3.74. The third-order valence-corrected chi connectivity index (χ3v) is 2.92. The van der Waals surface area contributed by atoms with Crippen molar-refractivity contribution in [3.63, 3.8) is 0 Å². The number of amides is 1. The van der Waals surface area contributed by atoms with Crippen molar-refractivity contribution in [2.45, 2.75) is 40.7 Å². The van der Waals surface area contributed by atoms with Crippen LogP contribution >= 0.6 is 0 Å². The monoisotopic (exact) mass is 264 g/mol. The molecule has 3 N–H and O–H groups in total. The van der Waals surface area contributed by atoms with E-state index < -0.39 is 6.10 Å². The van der Waals surface area contributed by atoms with Crippen LogP contribution in [0.15, 0.2) is 12.1 Å². The summed E-state index contributed by atoms with van der Waals surface area (Å²) in [5.41, 5.74) is 8.45. The molecule has 0 aromatic heterocycles. The van der Waals surface area contributed by atoms with E-state index in [1.807, 2.05) is 26.0 Å². The highest BCUT2D eigenvalue weighted by Gasteiger charge is 2.16. The van der Waals surface area contributed by atoms with Gasteiger partial charge in [-0.2, -0.15) is 0 Å². The molecule has 0 saturated carbocycles. The minimum atomic E-state index is -0.513. The summed E-state index contributed by atoms with van der Waals surface area (Å²) in [6.07, 6.45) is -0.513. The molecule has 1 aromatic carbocycles. The van der Waals surface area contributed by atoms with E-state index in [4.69, 9.17) is 10.5 Å². The maximum atomic E-state index is 11.9. The number of benzene rings is 1. The molecular formula is C15H24N2O2. The van der Waals surface area contributed by atoms with E-state index in [0.29, 0.717) is 18.2 Å². The van der Waals surface area contributed by atoms with Gasteiger partial charge in [-0.05, 0) is 49.9 Å². The highest BCUT2D eigenvalue weighted by molar-refractivity contribution is 5.80. The number of hydrogen-bond donors (Lipinski definition) is 2.